The summed E-state index contributed by atoms with van der Waals surface area (Å²) < 4.78 is 5.60. The van der Waals surface area contributed by atoms with E-state index in [9.17, 15) is 9.59 Å². The van der Waals surface area contributed by atoms with Gasteiger partial charge in [-0.2, -0.15) is 0 Å². The predicted molar refractivity (Wildman–Crippen MR) is 119 cm³/mol. The van der Waals surface area contributed by atoms with Crippen molar-refractivity contribution in [2.24, 2.45) is 0 Å². The SMILES string of the molecule is C[Si](C)(C)C#CCC1(C(=O)OCc2ccccc2)C/C(=C\[Si](C)(C)C)C(=O)N1. The Hall–Kier alpha value is -2.11. The Morgan fingerprint density at radius 1 is 1.18 bits per heavy atom. The van der Waals surface area contributed by atoms with Crippen molar-refractivity contribution < 1.29 is 14.3 Å². The molecule has 0 saturated carbocycles. The highest BCUT2D eigenvalue weighted by Crippen LogP contribution is 2.31. The largest absolute Gasteiger partial charge is 0.459 e. The van der Waals surface area contributed by atoms with Crippen molar-refractivity contribution in [1.82, 2.24) is 5.32 Å². The zero-order valence-corrected chi connectivity index (χ0v) is 19.8. The minimum Gasteiger partial charge on any atom is -0.459 e. The van der Waals surface area contributed by atoms with Gasteiger partial charge in [0.1, 0.15) is 14.7 Å². The smallest absolute Gasteiger partial charge is 0.333 e. The third kappa shape index (κ3) is 6.50. The van der Waals surface area contributed by atoms with E-state index in [0.717, 1.165) is 5.56 Å². The lowest BCUT2D eigenvalue weighted by Gasteiger charge is -2.24. The molecule has 1 unspecified atom stereocenters. The second-order valence-electron chi connectivity index (χ2n) is 9.54. The molecular formula is C22H31NO3Si2. The van der Waals surface area contributed by atoms with E-state index in [0.29, 0.717) is 12.0 Å². The summed E-state index contributed by atoms with van der Waals surface area (Å²) in [5, 5.41) is 2.92. The van der Waals surface area contributed by atoms with E-state index in [1.807, 2.05) is 30.3 Å². The fraction of sp³-hybridized carbons (Fsp3) is 0.455. The number of carbonyl (C=O) groups is 2. The van der Waals surface area contributed by atoms with Gasteiger partial charge in [-0.05, 0) is 5.56 Å². The van der Waals surface area contributed by atoms with Crippen LogP contribution >= 0.6 is 0 Å². The second kappa shape index (κ2) is 8.50. The molecule has 1 aliphatic rings. The van der Waals surface area contributed by atoms with Gasteiger partial charge in [0.15, 0.2) is 5.54 Å². The lowest BCUT2D eigenvalue weighted by atomic mass is 9.92. The molecule has 4 nitrogen and oxygen atoms in total. The monoisotopic (exact) mass is 413 g/mol. The number of esters is 1. The maximum absolute atomic E-state index is 13.0. The Bertz CT molecular complexity index is 823. The van der Waals surface area contributed by atoms with Crippen molar-refractivity contribution in [3.8, 4) is 11.5 Å². The molecule has 2 rings (SSSR count). The third-order valence-corrected chi connectivity index (χ3v) is 6.34. The zero-order valence-electron chi connectivity index (χ0n) is 17.8. The Balaban J connectivity index is 2.26. The number of hydrogen-bond acceptors (Lipinski definition) is 3. The first-order valence-corrected chi connectivity index (χ1v) is 16.7. The molecule has 1 amide bonds. The molecule has 1 aromatic rings. The molecule has 1 fully saturated rings. The number of ether oxygens (including phenoxy) is 1. The van der Waals surface area contributed by atoms with E-state index < -0.39 is 27.7 Å². The highest BCUT2D eigenvalue weighted by Gasteiger charge is 2.48. The molecule has 0 aromatic heterocycles. The minimum absolute atomic E-state index is 0.172. The quantitative estimate of drug-likeness (QED) is 0.343. The van der Waals surface area contributed by atoms with Crippen LogP contribution in [0.4, 0.5) is 0 Å². The molecule has 1 aromatic carbocycles. The summed E-state index contributed by atoms with van der Waals surface area (Å²) in [5.74, 6) is 2.59. The van der Waals surface area contributed by atoms with Crippen LogP contribution in [-0.4, -0.2) is 33.6 Å². The first-order chi connectivity index (χ1) is 12.9. The normalized spacial score (nSPS) is 21.1. The van der Waals surface area contributed by atoms with Crippen LogP contribution in [0.15, 0.2) is 41.6 Å². The lowest BCUT2D eigenvalue weighted by molar-refractivity contribution is -0.153. The lowest BCUT2D eigenvalue weighted by Crippen LogP contribution is -2.49. The van der Waals surface area contributed by atoms with E-state index in [2.05, 4.69) is 61.8 Å². The molecule has 28 heavy (non-hydrogen) atoms. The Morgan fingerprint density at radius 2 is 1.82 bits per heavy atom. The van der Waals surface area contributed by atoms with Crippen molar-refractivity contribution in [2.45, 2.75) is 64.3 Å². The van der Waals surface area contributed by atoms with Crippen LogP contribution in [-0.2, 0) is 20.9 Å². The van der Waals surface area contributed by atoms with E-state index in [-0.39, 0.29) is 18.9 Å². The van der Waals surface area contributed by atoms with E-state index in [1.54, 1.807) is 0 Å². The van der Waals surface area contributed by atoms with Crippen molar-refractivity contribution in [3.63, 3.8) is 0 Å². The molecule has 0 aliphatic carbocycles. The topological polar surface area (TPSA) is 55.4 Å². The zero-order chi connectivity index (χ0) is 21.0. The van der Waals surface area contributed by atoms with Gasteiger partial charge in [-0.15, -0.1) is 11.5 Å². The van der Waals surface area contributed by atoms with Crippen LogP contribution in [0.5, 0.6) is 0 Å². The molecule has 1 saturated heterocycles. The maximum atomic E-state index is 13.0. The standard InChI is InChI=1S/C22H31NO3Si2/c1-27(2,3)14-10-13-22(15-19(20(24)23-22)17-28(4,5)6)21(25)26-16-18-11-8-7-9-12-18/h7-9,11-12,17H,13,15-16H2,1-6H3,(H,23,24)/b19-17+. The van der Waals surface area contributed by atoms with Crippen molar-refractivity contribution in [3.05, 3.63) is 47.2 Å². The summed E-state index contributed by atoms with van der Waals surface area (Å²) in [5.41, 5.74) is 5.88. The number of carbonyl (C=O) groups excluding carboxylic acids is 2. The van der Waals surface area contributed by atoms with Crippen LogP contribution < -0.4 is 5.32 Å². The van der Waals surface area contributed by atoms with Crippen molar-refractivity contribution >= 4 is 28.0 Å². The molecular weight excluding hydrogens is 382 g/mol. The number of benzene rings is 1. The average molecular weight is 414 g/mol. The molecule has 0 spiro atoms. The summed E-state index contributed by atoms with van der Waals surface area (Å²) in [6.07, 6.45) is 0.615. The van der Waals surface area contributed by atoms with E-state index >= 15 is 0 Å². The summed E-state index contributed by atoms with van der Waals surface area (Å²) in [4.78, 5) is 25.6. The Labute approximate surface area is 170 Å². The van der Waals surface area contributed by atoms with E-state index in [4.69, 9.17) is 4.74 Å². The number of nitrogens with one attached hydrogen (secondary N) is 1. The molecule has 1 aliphatic heterocycles. The van der Waals surface area contributed by atoms with Gasteiger partial charge >= 0.3 is 5.97 Å². The first-order valence-electron chi connectivity index (χ1n) is 9.66. The Morgan fingerprint density at radius 3 is 2.39 bits per heavy atom. The van der Waals surface area contributed by atoms with Crippen molar-refractivity contribution in [2.75, 3.05) is 0 Å². The van der Waals surface area contributed by atoms with Crippen LogP contribution in [0.25, 0.3) is 0 Å². The van der Waals surface area contributed by atoms with Gasteiger partial charge in [-0.1, -0.05) is 75.3 Å². The summed E-state index contributed by atoms with van der Waals surface area (Å²) >= 11 is 0. The summed E-state index contributed by atoms with van der Waals surface area (Å²) in [6, 6.07) is 9.56. The maximum Gasteiger partial charge on any atom is 0.333 e. The van der Waals surface area contributed by atoms with Crippen molar-refractivity contribution in [1.29, 1.82) is 0 Å². The third-order valence-electron chi connectivity index (χ3n) is 4.20. The summed E-state index contributed by atoms with van der Waals surface area (Å²) in [6.45, 7) is 13.2. The fourth-order valence-corrected chi connectivity index (χ4v) is 4.91. The molecule has 1 N–H and O–H groups in total. The van der Waals surface area contributed by atoms with Crippen LogP contribution in [0.3, 0.4) is 0 Å². The van der Waals surface area contributed by atoms with E-state index in [1.165, 1.54) is 0 Å². The molecule has 6 heteroatoms. The molecule has 0 radical (unpaired) electrons. The molecule has 150 valence electrons. The van der Waals surface area contributed by atoms with Gasteiger partial charge in [0, 0.05) is 18.4 Å². The van der Waals surface area contributed by atoms with Gasteiger partial charge in [0.2, 0.25) is 5.91 Å². The number of hydrogen-bond donors (Lipinski definition) is 1. The first kappa shape index (κ1) is 22.2. The molecule has 1 heterocycles. The Kier molecular flexibility index (Phi) is 6.73. The van der Waals surface area contributed by atoms with Crippen LogP contribution in [0, 0.1) is 11.5 Å². The van der Waals surface area contributed by atoms with Crippen LogP contribution in [0.1, 0.15) is 18.4 Å². The van der Waals surface area contributed by atoms with Gasteiger partial charge in [0.05, 0.1) is 8.07 Å². The summed E-state index contributed by atoms with van der Waals surface area (Å²) in [7, 11) is -3.17. The highest BCUT2D eigenvalue weighted by molar-refractivity contribution is 6.83. The average Bonchev–Trinajstić information content (AvgIpc) is 2.87. The number of rotatable bonds is 5. The van der Waals surface area contributed by atoms with Gasteiger partial charge in [-0.25, -0.2) is 4.79 Å². The predicted octanol–water partition coefficient (Wildman–Crippen LogP) is 4.06. The van der Waals surface area contributed by atoms with Gasteiger partial charge in [-0.3, -0.25) is 4.79 Å². The second-order valence-corrected chi connectivity index (χ2v) is 19.3. The fourth-order valence-electron chi connectivity index (χ4n) is 3.01. The van der Waals surface area contributed by atoms with Gasteiger partial charge < -0.3 is 10.1 Å². The minimum atomic E-state index is -1.60. The van der Waals surface area contributed by atoms with Crippen LogP contribution in [0.2, 0.25) is 39.3 Å². The molecule has 1 atom stereocenters. The molecule has 0 bridgehead atoms. The van der Waals surface area contributed by atoms with Gasteiger partial charge in [0.25, 0.3) is 0 Å². The number of amides is 1. The highest BCUT2D eigenvalue weighted by atomic mass is 28.3.